The van der Waals surface area contributed by atoms with Gasteiger partial charge in [-0.15, -0.1) is 0 Å². The highest BCUT2D eigenvalue weighted by atomic mass is 35.5. The number of hydrogen-bond acceptors (Lipinski definition) is 7. The maximum Gasteiger partial charge on any atom is 0.317 e. The van der Waals surface area contributed by atoms with E-state index in [4.69, 9.17) is 22.1 Å². The van der Waals surface area contributed by atoms with Crippen LogP contribution in [0.2, 0.25) is 5.02 Å². The summed E-state index contributed by atoms with van der Waals surface area (Å²) in [6, 6.07) is 8.50. The molecule has 2 N–H and O–H groups in total. The van der Waals surface area contributed by atoms with Crippen LogP contribution in [-0.4, -0.2) is 35.8 Å². The summed E-state index contributed by atoms with van der Waals surface area (Å²) >= 11 is 6.01. The highest BCUT2D eigenvalue weighted by molar-refractivity contribution is 6.46. The predicted octanol–water partition coefficient (Wildman–Crippen LogP) is 3.94. The third-order valence-corrected chi connectivity index (χ3v) is 5.49. The number of nitrogens with zero attached hydrogens (tertiary/aromatic N) is 3. The summed E-state index contributed by atoms with van der Waals surface area (Å²) in [5.74, 6) is -2.88. The number of carbonyl (C=O) groups excluding carboxylic acids is 3. The smallest absolute Gasteiger partial charge is 0.317 e. The molecule has 0 aliphatic carbocycles. The highest BCUT2D eigenvalue weighted by Gasteiger charge is 2.38. The highest BCUT2D eigenvalue weighted by Crippen LogP contribution is 2.39. The topological polar surface area (TPSA) is 136 Å². The molecule has 2 aromatic rings. The number of ether oxygens (including phenoxy) is 1. The van der Waals surface area contributed by atoms with Crippen molar-refractivity contribution in [2.24, 2.45) is 5.41 Å². The molecule has 0 saturated carbocycles. The Morgan fingerprint density at radius 2 is 1.74 bits per heavy atom. The van der Waals surface area contributed by atoms with Gasteiger partial charge in [0, 0.05) is 30.6 Å². The lowest BCUT2D eigenvalue weighted by molar-refractivity contribution is -0.385. The fraction of sp³-hybridized carbons (Fsp3) is 0.348. The molecule has 2 aromatic carbocycles. The van der Waals surface area contributed by atoms with E-state index in [-0.39, 0.29) is 42.0 Å². The van der Waals surface area contributed by atoms with Crippen LogP contribution < -0.4 is 20.3 Å². The quantitative estimate of drug-likeness (QED) is 0.162. The first-order chi connectivity index (χ1) is 15.9. The minimum absolute atomic E-state index is 0.00969. The van der Waals surface area contributed by atoms with Gasteiger partial charge in [0.2, 0.25) is 5.75 Å². The van der Waals surface area contributed by atoms with Crippen LogP contribution in [0.3, 0.4) is 0 Å². The van der Waals surface area contributed by atoms with Gasteiger partial charge >= 0.3 is 23.5 Å². The molecule has 10 nitrogen and oxygen atoms in total. The molecule has 3 rings (SSSR count). The maximum absolute atomic E-state index is 13.0. The Balaban J connectivity index is 1.92. The van der Waals surface area contributed by atoms with Crippen LogP contribution in [0.5, 0.6) is 5.75 Å². The van der Waals surface area contributed by atoms with Gasteiger partial charge in [-0.3, -0.25) is 29.4 Å². The fourth-order valence-corrected chi connectivity index (χ4v) is 3.63. The molecule has 180 valence electrons. The number of benzene rings is 2. The average Bonchev–Trinajstić information content (AvgIpc) is 2.76. The van der Waals surface area contributed by atoms with Gasteiger partial charge in [0.1, 0.15) is 0 Å². The molecule has 1 fully saturated rings. The van der Waals surface area contributed by atoms with Crippen LogP contribution in [0.25, 0.3) is 0 Å². The summed E-state index contributed by atoms with van der Waals surface area (Å²) in [6.45, 7) is 5.90. The Bertz CT molecular complexity index is 1160. The number of piperazine rings is 1. The van der Waals surface area contributed by atoms with E-state index in [2.05, 4.69) is 0 Å². The second-order valence-electron chi connectivity index (χ2n) is 9.03. The van der Waals surface area contributed by atoms with Crippen LogP contribution in [0.4, 0.5) is 22.7 Å². The van der Waals surface area contributed by atoms with E-state index < -0.39 is 28.4 Å². The zero-order valence-corrected chi connectivity index (χ0v) is 19.8. The van der Waals surface area contributed by atoms with E-state index in [9.17, 15) is 24.5 Å². The Labute approximate surface area is 201 Å². The molecule has 1 aliphatic heterocycles. The Kier molecular flexibility index (Phi) is 7.11. The largest absolute Gasteiger partial charge is 0.417 e. The van der Waals surface area contributed by atoms with E-state index in [1.807, 2.05) is 20.8 Å². The van der Waals surface area contributed by atoms with Gasteiger partial charge in [-0.05, 0) is 36.1 Å². The van der Waals surface area contributed by atoms with Crippen molar-refractivity contribution in [3.8, 4) is 5.75 Å². The van der Waals surface area contributed by atoms with Gasteiger partial charge in [0.05, 0.1) is 22.0 Å². The number of anilines is 3. The summed E-state index contributed by atoms with van der Waals surface area (Å²) in [7, 11) is 0. The first-order valence-electron chi connectivity index (χ1n) is 10.6. The van der Waals surface area contributed by atoms with Gasteiger partial charge in [-0.25, -0.2) is 0 Å². The number of nitrogens with two attached hydrogens (primary N) is 1. The minimum atomic E-state index is -0.946. The van der Waals surface area contributed by atoms with Crippen LogP contribution in [0.1, 0.15) is 33.6 Å². The first-order valence-corrected chi connectivity index (χ1v) is 10.9. The van der Waals surface area contributed by atoms with Crippen LogP contribution in [0, 0.1) is 15.5 Å². The third-order valence-electron chi connectivity index (χ3n) is 5.26. The standard InChI is InChI=1S/C23H25ClN4O6/c1-23(2,3)10-9-19(29)34-20-16(5-4-6-17(20)28(32)33)26-11-12-27(22(31)21(26)30)18-13-14(24)7-8-15(18)25/h4-8,13H,9-12,25H2,1-3H3. The van der Waals surface area contributed by atoms with Crippen molar-refractivity contribution in [1.82, 2.24) is 0 Å². The molecule has 0 aromatic heterocycles. The van der Waals surface area contributed by atoms with Crippen molar-refractivity contribution in [3.05, 3.63) is 51.5 Å². The van der Waals surface area contributed by atoms with E-state index in [0.29, 0.717) is 17.1 Å². The lowest BCUT2D eigenvalue weighted by Crippen LogP contribution is -2.55. The number of nitro groups is 1. The number of nitro benzene ring substituents is 1. The molecule has 0 unspecified atom stereocenters. The van der Waals surface area contributed by atoms with E-state index >= 15 is 0 Å². The lowest BCUT2D eigenvalue weighted by atomic mass is 9.91. The zero-order valence-electron chi connectivity index (χ0n) is 19.0. The number of hydrogen-bond donors (Lipinski definition) is 1. The first kappa shape index (κ1) is 25.0. The monoisotopic (exact) mass is 488 g/mol. The molecular weight excluding hydrogens is 464 g/mol. The molecule has 1 heterocycles. The summed E-state index contributed by atoms with van der Waals surface area (Å²) in [5, 5.41) is 12.0. The van der Waals surface area contributed by atoms with E-state index in [1.54, 1.807) is 6.07 Å². The molecule has 2 amide bonds. The van der Waals surface area contributed by atoms with Crippen molar-refractivity contribution >= 4 is 52.1 Å². The van der Waals surface area contributed by atoms with Crippen molar-refractivity contribution in [1.29, 1.82) is 0 Å². The number of rotatable bonds is 6. The van der Waals surface area contributed by atoms with Crippen molar-refractivity contribution in [2.45, 2.75) is 33.6 Å². The number of halogens is 1. The van der Waals surface area contributed by atoms with Crippen molar-refractivity contribution in [3.63, 3.8) is 0 Å². The normalized spacial score (nSPS) is 14.4. The van der Waals surface area contributed by atoms with Crippen LogP contribution >= 0.6 is 11.6 Å². The third kappa shape index (κ3) is 5.45. The van der Waals surface area contributed by atoms with E-state index in [0.717, 1.165) is 4.90 Å². The molecule has 34 heavy (non-hydrogen) atoms. The van der Waals surface area contributed by atoms with Crippen LogP contribution in [-0.2, 0) is 14.4 Å². The Hall–Kier alpha value is -3.66. The Morgan fingerprint density at radius 1 is 1.12 bits per heavy atom. The summed E-state index contributed by atoms with van der Waals surface area (Å²) in [6.07, 6.45) is 0.530. The van der Waals surface area contributed by atoms with Gasteiger partial charge < -0.3 is 15.4 Å². The summed E-state index contributed by atoms with van der Waals surface area (Å²) < 4.78 is 5.38. The van der Waals surface area contributed by atoms with Crippen molar-refractivity contribution < 1.29 is 24.0 Å². The molecular formula is C23H25ClN4O6. The minimum Gasteiger partial charge on any atom is -0.417 e. The molecule has 0 bridgehead atoms. The molecule has 11 heteroatoms. The van der Waals surface area contributed by atoms with Crippen LogP contribution in [0.15, 0.2) is 36.4 Å². The van der Waals surface area contributed by atoms with Gasteiger partial charge in [-0.2, -0.15) is 0 Å². The summed E-state index contributed by atoms with van der Waals surface area (Å²) in [4.78, 5) is 51.6. The molecule has 1 saturated heterocycles. The Morgan fingerprint density at radius 3 is 2.32 bits per heavy atom. The number of para-hydroxylation sites is 1. The second-order valence-corrected chi connectivity index (χ2v) is 9.47. The SMILES string of the molecule is CC(C)(C)CCC(=O)Oc1c(N2CCN(c3cc(Cl)ccc3N)C(=O)C2=O)cccc1[N+](=O)[O-]. The number of amides is 2. The summed E-state index contributed by atoms with van der Waals surface area (Å²) in [5.41, 5.74) is 5.85. The van der Waals surface area contributed by atoms with Gasteiger partial charge in [0.15, 0.2) is 0 Å². The van der Waals surface area contributed by atoms with Gasteiger partial charge in [-0.1, -0.05) is 38.4 Å². The lowest BCUT2D eigenvalue weighted by Gasteiger charge is -2.34. The maximum atomic E-state index is 13.0. The van der Waals surface area contributed by atoms with E-state index in [1.165, 1.54) is 35.2 Å². The fourth-order valence-electron chi connectivity index (χ4n) is 3.46. The zero-order chi connectivity index (χ0) is 25.2. The second kappa shape index (κ2) is 9.68. The molecule has 0 atom stereocenters. The predicted molar refractivity (Wildman–Crippen MR) is 128 cm³/mol. The number of esters is 1. The molecule has 1 aliphatic rings. The average molecular weight is 489 g/mol. The molecule has 0 spiro atoms. The van der Waals surface area contributed by atoms with Crippen molar-refractivity contribution in [2.75, 3.05) is 28.6 Å². The van der Waals surface area contributed by atoms with Gasteiger partial charge in [0.25, 0.3) is 0 Å². The molecule has 0 radical (unpaired) electrons. The number of nitrogen functional groups attached to an aromatic ring is 1. The number of carbonyl (C=O) groups is 3.